The van der Waals surface area contributed by atoms with Crippen molar-refractivity contribution in [1.82, 2.24) is 9.55 Å². The second-order valence-electron chi connectivity index (χ2n) is 4.85. The van der Waals surface area contributed by atoms with Crippen molar-refractivity contribution in [2.75, 3.05) is 0 Å². The van der Waals surface area contributed by atoms with Crippen molar-refractivity contribution < 1.29 is 9.90 Å². The standard InChI is InChI=1S/C12H16N2O2/c15-12(16)9-5-2-6-14-10(9)7-13-11(14)8-3-1-4-8/h7-9H,1-6H2,(H,15,16). The molecule has 2 heterocycles. The molecule has 0 amide bonds. The molecule has 0 bridgehead atoms. The molecule has 1 aromatic rings. The van der Waals surface area contributed by atoms with Crippen molar-refractivity contribution in [2.24, 2.45) is 0 Å². The van der Waals surface area contributed by atoms with Gasteiger partial charge in [-0.25, -0.2) is 4.98 Å². The summed E-state index contributed by atoms with van der Waals surface area (Å²) in [6.07, 6.45) is 7.22. The van der Waals surface area contributed by atoms with Crippen molar-refractivity contribution in [3.63, 3.8) is 0 Å². The Kier molecular flexibility index (Phi) is 2.23. The Morgan fingerprint density at radius 3 is 2.81 bits per heavy atom. The van der Waals surface area contributed by atoms with Gasteiger partial charge in [-0.1, -0.05) is 6.42 Å². The highest BCUT2D eigenvalue weighted by Gasteiger charge is 2.32. The van der Waals surface area contributed by atoms with Gasteiger partial charge < -0.3 is 9.67 Å². The number of aliphatic carboxylic acids is 1. The molecule has 1 saturated carbocycles. The molecule has 4 nitrogen and oxygen atoms in total. The number of nitrogens with zero attached hydrogens (tertiary/aromatic N) is 2. The van der Waals surface area contributed by atoms with Crippen LogP contribution < -0.4 is 0 Å². The quantitative estimate of drug-likeness (QED) is 0.830. The van der Waals surface area contributed by atoms with Crippen molar-refractivity contribution in [1.29, 1.82) is 0 Å². The number of carboxylic acid groups (broad SMARTS) is 1. The first-order valence-electron chi connectivity index (χ1n) is 6.05. The summed E-state index contributed by atoms with van der Waals surface area (Å²) in [5.74, 6) is 0.671. The Labute approximate surface area is 94.3 Å². The molecule has 3 rings (SSSR count). The van der Waals surface area contributed by atoms with Gasteiger partial charge in [0, 0.05) is 18.7 Å². The van der Waals surface area contributed by atoms with E-state index in [0.29, 0.717) is 5.92 Å². The SMILES string of the molecule is O=C(O)C1CCCn2c1cnc2C1CCC1. The van der Waals surface area contributed by atoms with Crippen molar-refractivity contribution >= 4 is 5.97 Å². The van der Waals surface area contributed by atoms with Crippen molar-refractivity contribution in [2.45, 2.75) is 50.5 Å². The van der Waals surface area contributed by atoms with Crippen LogP contribution in [0.1, 0.15) is 55.5 Å². The lowest BCUT2D eigenvalue weighted by Gasteiger charge is -2.28. The number of rotatable bonds is 2. The van der Waals surface area contributed by atoms with Gasteiger partial charge in [0.05, 0.1) is 11.6 Å². The van der Waals surface area contributed by atoms with Gasteiger partial charge in [0.15, 0.2) is 0 Å². The molecule has 86 valence electrons. The highest BCUT2D eigenvalue weighted by atomic mass is 16.4. The van der Waals surface area contributed by atoms with Crippen LogP contribution in [-0.2, 0) is 11.3 Å². The Balaban J connectivity index is 1.97. The summed E-state index contributed by atoms with van der Waals surface area (Å²) in [7, 11) is 0. The van der Waals surface area contributed by atoms with E-state index < -0.39 is 5.97 Å². The Morgan fingerprint density at radius 1 is 1.38 bits per heavy atom. The van der Waals surface area contributed by atoms with Crippen LogP contribution in [0.2, 0.25) is 0 Å². The lowest BCUT2D eigenvalue weighted by Crippen LogP contribution is -2.24. The van der Waals surface area contributed by atoms with Gasteiger partial charge in [-0.05, 0) is 25.7 Å². The molecule has 1 aliphatic carbocycles. The maximum absolute atomic E-state index is 11.1. The molecule has 1 aliphatic heterocycles. The Hall–Kier alpha value is -1.32. The molecule has 1 atom stereocenters. The van der Waals surface area contributed by atoms with Gasteiger partial charge in [-0.15, -0.1) is 0 Å². The first-order valence-corrected chi connectivity index (χ1v) is 6.05. The number of aromatic nitrogens is 2. The fourth-order valence-corrected chi connectivity index (χ4v) is 2.77. The number of hydrogen-bond acceptors (Lipinski definition) is 2. The van der Waals surface area contributed by atoms with Crippen LogP contribution in [0.3, 0.4) is 0 Å². The molecule has 1 unspecified atom stereocenters. The fraction of sp³-hybridized carbons (Fsp3) is 0.667. The minimum Gasteiger partial charge on any atom is -0.481 e. The number of carboxylic acids is 1. The molecule has 0 radical (unpaired) electrons. The van der Waals surface area contributed by atoms with E-state index in [1.54, 1.807) is 6.20 Å². The van der Waals surface area contributed by atoms with Gasteiger partial charge in [0.2, 0.25) is 0 Å². The van der Waals surface area contributed by atoms with Crippen LogP contribution in [0.4, 0.5) is 0 Å². The average Bonchev–Trinajstić information content (AvgIpc) is 2.59. The van der Waals surface area contributed by atoms with E-state index in [9.17, 15) is 4.79 Å². The average molecular weight is 220 g/mol. The molecule has 1 N–H and O–H groups in total. The summed E-state index contributed by atoms with van der Waals surface area (Å²) in [5.41, 5.74) is 0.917. The van der Waals surface area contributed by atoms with Gasteiger partial charge in [0.1, 0.15) is 5.82 Å². The largest absolute Gasteiger partial charge is 0.481 e. The maximum atomic E-state index is 11.1. The zero-order chi connectivity index (χ0) is 11.1. The molecule has 2 aliphatic rings. The van der Waals surface area contributed by atoms with Crippen LogP contribution in [0.5, 0.6) is 0 Å². The lowest BCUT2D eigenvalue weighted by atomic mass is 9.84. The molecule has 1 aromatic heterocycles. The van der Waals surface area contributed by atoms with E-state index in [1.807, 2.05) is 0 Å². The third-order valence-electron chi connectivity index (χ3n) is 3.92. The van der Waals surface area contributed by atoms with E-state index >= 15 is 0 Å². The predicted molar refractivity (Wildman–Crippen MR) is 58.4 cm³/mol. The zero-order valence-corrected chi connectivity index (χ0v) is 9.22. The van der Waals surface area contributed by atoms with Gasteiger partial charge in [-0.3, -0.25) is 4.79 Å². The highest BCUT2D eigenvalue weighted by Crippen LogP contribution is 2.38. The maximum Gasteiger partial charge on any atom is 0.312 e. The van der Waals surface area contributed by atoms with Gasteiger partial charge in [-0.2, -0.15) is 0 Å². The number of fused-ring (bicyclic) bond motifs is 1. The number of imidazole rings is 1. The highest BCUT2D eigenvalue weighted by molar-refractivity contribution is 5.75. The third kappa shape index (κ3) is 1.36. The first kappa shape index (κ1) is 9.87. The van der Waals surface area contributed by atoms with Crippen LogP contribution in [0.25, 0.3) is 0 Å². The van der Waals surface area contributed by atoms with E-state index in [4.69, 9.17) is 5.11 Å². The molecule has 1 fully saturated rings. The van der Waals surface area contributed by atoms with E-state index in [1.165, 1.54) is 19.3 Å². The smallest absolute Gasteiger partial charge is 0.312 e. The second kappa shape index (κ2) is 3.61. The number of hydrogen-bond donors (Lipinski definition) is 1. The Morgan fingerprint density at radius 2 is 2.19 bits per heavy atom. The fourth-order valence-electron chi connectivity index (χ4n) is 2.77. The second-order valence-corrected chi connectivity index (χ2v) is 4.85. The minimum atomic E-state index is -0.707. The van der Waals surface area contributed by atoms with Crippen molar-refractivity contribution in [3.8, 4) is 0 Å². The van der Waals surface area contributed by atoms with E-state index in [0.717, 1.165) is 30.9 Å². The molecular weight excluding hydrogens is 204 g/mol. The summed E-state index contributed by atoms with van der Waals surface area (Å²) in [4.78, 5) is 15.6. The van der Waals surface area contributed by atoms with Gasteiger partial charge in [0.25, 0.3) is 0 Å². The van der Waals surface area contributed by atoms with E-state index in [-0.39, 0.29) is 5.92 Å². The zero-order valence-electron chi connectivity index (χ0n) is 9.22. The summed E-state index contributed by atoms with van der Waals surface area (Å²) in [6, 6.07) is 0. The first-order chi connectivity index (χ1) is 7.77. The third-order valence-corrected chi connectivity index (χ3v) is 3.92. The molecule has 4 heteroatoms. The predicted octanol–water partition coefficient (Wildman–Crippen LogP) is 2.11. The van der Waals surface area contributed by atoms with Crippen LogP contribution in [0.15, 0.2) is 6.20 Å². The van der Waals surface area contributed by atoms with Crippen LogP contribution in [-0.4, -0.2) is 20.6 Å². The molecule has 0 aromatic carbocycles. The normalized spacial score (nSPS) is 24.9. The monoisotopic (exact) mass is 220 g/mol. The van der Waals surface area contributed by atoms with Crippen LogP contribution in [0, 0.1) is 0 Å². The topological polar surface area (TPSA) is 55.1 Å². The van der Waals surface area contributed by atoms with Crippen LogP contribution >= 0.6 is 0 Å². The minimum absolute atomic E-state index is 0.338. The molecule has 16 heavy (non-hydrogen) atoms. The Bertz CT molecular complexity index is 421. The van der Waals surface area contributed by atoms with Gasteiger partial charge >= 0.3 is 5.97 Å². The van der Waals surface area contributed by atoms with Crippen molar-refractivity contribution in [3.05, 3.63) is 17.7 Å². The summed E-state index contributed by atoms with van der Waals surface area (Å²) >= 11 is 0. The van der Waals surface area contributed by atoms with E-state index in [2.05, 4.69) is 9.55 Å². The number of carbonyl (C=O) groups is 1. The summed E-state index contributed by atoms with van der Waals surface area (Å²) in [5, 5.41) is 9.16. The lowest BCUT2D eigenvalue weighted by molar-refractivity contribution is -0.139. The molecule has 0 saturated heterocycles. The summed E-state index contributed by atoms with van der Waals surface area (Å²) in [6.45, 7) is 0.949. The molecule has 0 spiro atoms. The summed E-state index contributed by atoms with van der Waals surface area (Å²) < 4.78 is 2.16. The molecular formula is C12H16N2O2.